The topological polar surface area (TPSA) is 152 Å². The SMILES string of the molecule is Cc1nonc1C(=O)N[C@H](c1cn2ncc([C@@H]3C[C@@](C)(O)CCN3C(=O)C34CC(F)(C3)C4)nc2n1)C1CCC(F)(F)CC1. The van der Waals surface area contributed by atoms with E-state index in [0.717, 1.165) is 0 Å². The molecule has 4 saturated carbocycles. The average molecular weight is 603 g/mol. The van der Waals surface area contributed by atoms with Gasteiger partial charge in [0.25, 0.3) is 11.7 Å². The Kier molecular flexibility index (Phi) is 6.18. The Morgan fingerprint density at radius 1 is 1.12 bits per heavy atom. The third-order valence-corrected chi connectivity index (χ3v) is 9.86. The molecule has 12 nitrogen and oxygen atoms in total. The second-order valence-corrected chi connectivity index (χ2v) is 13.4. The van der Waals surface area contributed by atoms with Crippen LogP contribution in [0.25, 0.3) is 5.78 Å². The van der Waals surface area contributed by atoms with Gasteiger partial charge in [0, 0.05) is 25.8 Å². The summed E-state index contributed by atoms with van der Waals surface area (Å²) >= 11 is 0. The second kappa shape index (κ2) is 9.44. The maximum atomic E-state index is 14.3. The first-order valence-electron chi connectivity index (χ1n) is 14.7. The lowest BCUT2D eigenvalue weighted by Crippen LogP contribution is -2.71. The first-order valence-corrected chi connectivity index (χ1v) is 14.7. The summed E-state index contributed by atoms with van der Waals surface area (Å²) in [5.41, 5.74) is -1.83. The lowest BCUT2D eigenvalue weighted by molar-refractivity contribution is -0.226. The summed E-state index contributed by atoms with van der Waals surface area (Å²) in [4.78, 5) is 37.7. The van der Waals surface area contributed by atoms with Gasteiger partial charge in [0.1, 0.15) is 11.4 Å². The Balaban J connectivity index is 1.19. The van der Waals surface area contributed by atoms with E-state index in [2.05, 4.69) is 30.3 Å². The highest BCUT2D eigenvalue weighted by Crippen LogP contribution is 2.70. The molecule has 2 bridgehead atoms. The van der Waals surface area contributed by atoms with E-state index in [1.807, 2.05) is 0 Å². The molecule has 0 spiro atoms. The van der Waals surface area contributed by atoms with Crippen molar-refractivity contribution in [3.05, 3.63) is 35.2 Å². The number of imidazole rings is 1. The van der Waals surface area contributed by atoms with E-state index in [-0.39, 0.29) is 80.4 Å². The van der Waals surface area contributed by atoms with E-state index in [1.54, 1.807) is 24.9 Å². The van der Waals surface area contributed by atoms with E-state index < -0.39 is 40.6 Å². The van der Waals surface area contributed by atoms with Gasteiger partial charge in [0.2, 0.25) is 11.8 Å². The minimum absolute atomic E-state index is 0.00931. The predicted octanol–water partition coefficient (Wildman–Crippen LogP) is 3.42. The van der Waals surface area contributed by atoms with Crippen LogP contribution in [-0.4, -0.2) is 75.5 Å². The molecule has 0 radical (unpaired) electrons. The Bertz CT molecular complexity index is 1580. The van der Waals surface area contributed by atoms with Crippen LogP contribution in [0.2, 0.25) is 0 Å². The number of hydrogen-bond acceptors (Lipinski definition) is 9. The number of aromatic nitrogens is 6. The summed E-state index contributed by atoms with van der Waals surface area (Å²) in [6.07, 6.45) is 4.16. The van der Waals surface area contributed by atoms with Crippen molar-refractivity contribution in [2.24, 2.45) is 11.3 Å². The lowest BCUT2D eigenvalue weighted by Gasteiger charge is -2.65. The van der Waals surface area contributed by atoms with Crippen LogP contribution in [0.3, 0.4) is 0 Å². The third kappa shape index (κ3) is 4.85. The number of amides is 2. The molecule has 0 aromatic carbocycles. The van der Waals surface area contributed by atoms with E-state index >= 15 is 0 Å². The van der Waals surface area contributed by atoms with Gasteiger partial charge in [-0.05, 0) is 63.4 Å². The number of carbonyl (C=O) groups excluding carboxylic acids is 2. The van der Waals surface area contributed by atoms with Gasteiger partial charge >= 0.3 is 0 Å². The van der Waals surface area contributed by atoms with Gasteiger partial charge in [-0.15, -0.1) is 0 Å². The zero-order valence-corrected chi connectivity index (χ0v) is 23.9. The van der Waals surface area contributed by atoms with Crippen molar-refractivity contribution in [1.29, 1.82) is 0 Å². The molecule has 2 N–H and O–H groups in total. The molecule has 4 heterocycles. The summed E-state index contributed by atoms with van der Waals surface area (Å²) in [6.45, 7) is 3.59. The van der Waals surface area contributed by atoms with Crippen LogP contribution in [0.1, 0.15) is 104 Å². The Morgan fingerprint density at radius 2 is 1.84 bits per heavy atom. The van der Waals surface area contributed by atoms with Crippen molar-refractivity contribution in [3.8, 4) is 0 Å². The van der Waals surface area contributed by atoms with Gasteiger partial charge in [0.15, 0.2) is 5.69 Å². The van der Waals surface area contributed by atoms with Crippen molar-refractivity contribution in [1.82, 2.24) is 40.1 Å². The zero-order valence-electron chi connectivity index (χ0n) is 23.9. The number of hydrogen-bond donors (Lipinski definition) is 2. The van der Waals surface area contributed by atoms with Crippen LogP contribution in [-0.2, 0) is 4.79 Å². The van der Waals surface area contributed by atoms with Gasteiger partial charge in [-0.1, -0.05) is 5.16 Å². The largest absolute Gasteiger partial charge is 0.390 e. The summed E-state index contributed by atoms with van der Waals surface area (Å²) in [5.74, 6) is -3.59. The number of piperidine rings is 1. The molecule has 2 amide bonds. The third-order valence-electron chi connectivity index (χ3n) is 9.86. The van der Waals surface area contributed by atoms with Crippen LogP contribution in [0.15, 0.2) is 17.0 Å². The number of alkyl halides is 3. The molecule has 8 rings (SSSR count). The van der Waals surface area contributed by atoms with Crippen molar-refractivity contribution >= 4 is 17.6 Å². The number of likely N-dealkylation sites (tertiary alicyclic amines) is 1. The molecule has 5 fully saturated rings. The molecule has 230 valence electrons. The minimum atomic E-state index is -2.76. The van der Waals surface area contributed by atoms with Crippen LogP contribution in [0.4, 0.5) is 13.2 Å². The minimum Gasteiger partial charge on any atom is -0.390 e. The standard InChI is InChI=1S/C28H33F3N8O4/c1-15-20(37-43-36-15)22(40)35-21(16-3-5-28(30,31)6-4-16)18-11-39-24(34-18)33-17(10-32-39)19-9-25(2,42)7-8-38(19)23(41)26-12-27(29,13-26)14-26/h10-11,16,19,21,42H,3-9,12-14H2,1-2H3,(H,35,40)/t19-,21-,25-,26?,27?/m0/s1. The molecular formula is C28H33F3N8O4. The first kappa shape index (κ1) is 28.2. The fraction of sp³-hybridized carbons (Fsp3) is 0.679. The number of aryl methyl sites for hydroxylation is 1. The summed E-state index contributed by atoms with van der Waals surface area (Å²) in [5, 5.41) is 25.6. The van der Waals surface area contributed by atoms with E-state index in [1.165, 1.54) is 10.7 Å². The maximum absolute atomic E-state index is 14.3. The molecule has 1 aliphatic heterocycles. The second-order valence-electron chi connectivity index (χ2n) is 13.4. The number of nitrogens with zero attached hydrogens (tertiary/aromatic N) is 7. The molecule has 3 atom stereocenters. The smallest absolute Gasteiger partial charge is 0.276 e. The fourth-order valence-electron chi connectivity index (χ4n) is 7.44. The molecule has 43 heavy (non-hydrogen) atoms. The predicted molar refractivity (Wildman–Crippen MR) is 141 cm³/mol. The molecule has 3 aromatic rings. The zero-order chi connectivity index (χ0) is 30.4. The fourth-order valence-corrected chi connectivity index (χ4v) is 7.44. The van der Waals surface area contributed by atoms with Crippen LogP contribution >= 0.6 is 0 Å². The van der Waals surface area contributed by atoms with E-state index in [0.29, 0.717) is 24.4 Å². The van der Waals surface area contributed by atoms with E-state index in [9.17, 15) is 27.9 Å². The Hall–Kier alpha value is -3.62. The molecule has 3 aromatic heterocycles. The van der Waals surface area contributed by atoms with Crippen molar-refractivity contribution in [2.75, 3.05) is 6.54 Å². The number of halogens is 3. The summed E-state index contributed by atoms with van der Waals surface area (Å²) in [7, 11) is 0. The number of rotatable bonds is 6. The molecule has 1 saturated heterocycles. The van der Waals surface area contributed by atoms with Gasteiger partial charge in [-0.25, -0.2) is 32.3 Å². The number of nitrogens with one attached hydrogen (secondary N) is 1. The molecule has 0 unspecified atom stereocenters. The highest BCUT2D eigenvalue weighted by atomic mass is 19.3. The number of carbonyl (C=O) groups is 2. The first-order chi connectivity index (χ1) is 20.3. The number of aliphatic hydroxyl groups is 1. The lowest BCUT2D eigenvalue weighted by atomic mass is 9.41. The van der Waals surface area contributed by atoms with Gasteiger partial charge in [-0.2, -0.15) is 5.10 Å². The number of fused-ring (bicyclic) bond motifs is 1. The van der Waals surface area contributed by atoms with Crippen LogP contribution in [0, 0.1) is 18.3 Å². The van der Waals surface area contributed by atoms with E-state index in [4.69, 9.17) is 4.98 Å². The molecular weight excluding hydrogens is 569 g/mol. The quantitative estimate of drug-likeness (QED) is 0.432. The van der Waals surface area contributed by atoms with Gasteiger partial charge < -0.3 is 15.3 Å². The maximum Gasteiger partial charge on any atom is 0.276 e. The highest BCUT2D eigenvalue weighted by molar-refractivity contribution is 5.93. The van der Waals surface area contributed by atoms with Crippen LogP contribution < -0.4 is 5.32 Å². The molecule has 5 aliphatic rings. The van der Waals surface area contributed by atoms with Crippen molar-refractivity contribution in [3.63, 3.8) is 0 Å². The Labute approximate surface area is 244 Å². The monoisotopic (exact) mass is 602 g/mol. The normalized spacial score (nSPS) is 32.6. The van der Waals surface area contributed by atoms with Gasteiger partial charge in [0.05, 0.1) is 46.9 Å². The van der Waals surface area contributed by atoms with Crippen LogP contribution in [0.5, 0.6) is 0 Å². The summed E-state index contributed by atoms with van der Waals surface area (Å²) < 4.78 is 48.4. The molecule has 15 heteroatoms. The van der Waals surface area contributed by atoms with Crippen molar-refractivity contribution < 1.29 is 32.5 Å². The van der Waals surface area contributed by atoms with Crippen molar-refractivity contribution in [2.45, 2.75) is 101 Å². The average Bonchev–Trinajstić information content (AvgIpc) is 3.54. The molecule has 4 aliphatic carbocycles. The van der Waals surface area contributed by atoms with Gasteiger partial charge in [-0.3, -0.25) is 9.59 Å². The highest BCUT2D eigenvalue weighted by Gasteiger charge is 2.73. The summed E-state index contributed by atoms with van der Waals surface area (Å²) in [6, 6.07) is -1.32. The Morgan fingerprint density at radius 3 is 2.49 bits per heavy atom.